The summed E-state index contributed by atoms with van der Waals surface area (Å²) in [4.78, 5) is 47.2. The first-order valence-electron chi connectivity index (χ1n) is 19.0. The predicted molar refractivity (Wildman–Crippen MR) is 191 cm³/mol. The van der Waals surface area contributed by atoms with Crippen LogP contribution in [-0.2, 0) is 33.3 Å². The van der Waals surface area contributed by atoms with Gasteiger partial charge in [0.2, 0.25) is 5.91 Å². The fourth-order valence-corrected chi connectivity index (χ4v) is 8.78. The van der Waals surface area contributed by atoms with Gasteiger partial charge in [0.25, 0.3) is 0 Å². The molecule has 1 amide bonds. The molecule has 9 atom stereocenters. The average Bonchev–Trinajstić information content (AvgIpc) is 3.90. The number of Topliss-reactive ketones (excluding diaryl/α,β-unsaturated/α-hetero) is 1. The van der Waals surface area contributed by atoms with Crippen LogP contribution in [0.3, 0.4) is 0 Å². The maximum Gasteiger partial charge on any atom is 0.319 e. The smallest absolute Gasteiger partial charge is 0.319 e. The molecule has 0 aromatic heterocycles. The third-order valence-corrected chi connectivity index (χ3v) is 12.3. The first-order chi connectivity index (χ1) is 23.4. The minimum absolute atomic E-state index is 0.0416. The van der Waals surface area contributed by atoms with Crippen LogP contribution in [-0.4, -0.2) is 147 Å². The number of ether oxygens (including phenoxy) is 4. The largest absolute Gasteiger partial charge is 0.463 e. The second kappa shape index (κ2) is 17.0. The van der Waals surface area contributed by atoms with Crippen LogP contribution < -0.4 is 5.32 Å². The van der Waals surface area contributed by atoms with E-state index in [-0.39, 0.29) is 54.4 Å². The van der Waals surface area contributed by atoms with Crippen LogP contribution in [0.5, 0.6) is 0 Å². The zero-order chi connectivity index (χ0) is 37.1. The van der Waals surface area contributed by atoms with Crippen molar-refractivity contribution in [1.82, 2.24) is 20.0 Å². The quantitative estimate of drug-likeness (QED) is 0.271. The van der Waals surface area contributed by atoms with Gasteiger partial charge in [-0.05, 0) is 112 Å². The molecule has 0 bridgehead atoms. The van der Waals surface area contributed by atoms with Crippen LogP contribution in [0.25, 0.3) is 0 Å². The van der Waals surface area contributed by atoms with Gasteiger partial charge in [-0.25, -0.2) is 0 Å². The molecule has 50 heavy (non-hydrogen) atoms. The number of cyclic esters (lactones) is 1. The van der Waals surface area contributed by atoms with Gasteiger partial charge in [0.05, 0.1) is 24.4 Å². The molecule has 12 heteroatoms. The number of nitrogens with one attached hydrogen (secondary N) is 1. The van der Waals surface area contributed by atoms with Crippen molar-refractivity contribution in [3.63, 3.8) is 0 Å². The summed E-state index contributed by atoms with van der Waals surface area (Å²) in [6.07, 6.45) is 4.25. The summed E-state index contributed by atoms with van der Waals surface area (Å²) in [5.74, 6) is -1.11. The normalized spacial score (nSPS) is 39.6. The molecule has 4 fully saturated rings. The number of methoxy groups -OCH3 is 1. The van der Waals surface area contributed by atoms with Crippen LogP contribution in [0.15, 0.2) is 0 Å². The summed E-state index contributed by atoms with van der Waals surface area (Å²) in [6.45, 7) is 12.4. The third-order valence-electron chi connectivity index (χ3n) is 12.3. The maximum atomic E-state index is 14.3. The number of hydrogen-bond donors (Lipinski definition) is 2. The molecule has 2 aliphatic carbocycles. The Hall–Kier alpha value is -1.67. The fourth-order valence-electron chi connectivity index (χ4n) is 8.78. The molecule has 2 heterocycles. The van der Waals surface area contributed by atoms with E-state index in [9.17, 15) is 19.5 Å². The lowest BCUT2D eigenvalue weighted by molar-refractivity contribution is -0.295. The Balaban J connectivity index is 1.54. The molecule has 0 aromatic carbocycles. The lowest BCUT2D eigenvalue weighted by Gasteiger charge is -2.47. The Bertz CT molecular complexity index is 1160. The molecule has 0 unspecified atom stereocenters. The molecule has 2 saturated heterocycles. The Kier molecular flexibility index (Phi) is 14.0. The van der Waals surface area contributed by atoms with Gasteiger partial charge in [-0.15, -0.1) is 0 Å². The van der Waals surface area contributed by atoms with Gasteiger partial charge in [-0.2, -0.15) is 0 Å². The highest BCUT2D eigenvalue weighted by molar-refractivity contribution is 6.04. The summed E-state index contributed by atoms with van der Waals surface area (Å²) >= 11 is 0. The predicted octanol–water partition coefficient (Wildman–Crippen LogP) is 3.09. The monoisotopic (exact) mass is 709 g/mol. The number of ketones is 1. The number of rotatable bonds is 9. The van der Waals surface area contributed by atoms with Crippen LogP contribution in [0, 0.1) is 23.2 Å². The highest BCUT2D eigenvalue weighted by Gasteiger charge is 2.51. The SMILES string of the molecule is CO[C@]1(C)C[C@@H](C)CN(C)[C@@H]([C@H]2CC[C@H](N(C)C(=O)CNC3CC3)CC2)COC(=O)C(C)(C)C(=O)[C@H](C)[C@H]1O[C@@H]1O[C@H](C)C[C@H](N(C)C)[C@H]1O. The molecule has 2 N–H and O–H groups in total. The number of aliphatic hydroxyl groups excluding tert-OH is 1. The topological polar surface area (TPSA) is 130 Å². The standard InChI is InChI=1S/C38H68N4O8/c1-23-19-38(6,47-11)34(50-35-32(44)29(40(7)8)18-24(2)49-35)25(3)33(45)37(4,5)36(46)48-22-30(41(9)21-23)26-12-16-28(17-13-26)42(10)31(43)20-39-27-14-15-27/h23-30,32,34-35,39,44H,12-22H2,1-11H3/t23-,24-,25+,26-,28-,29+,30-,32-,34-,35+,38-/m1/s1. The Labute approximate surface area is 301 Å². The first kappa shape index (κ1) is 41.1. The maximum absolute atomic E-state index is 14.3. The number of nitrogens with zero attached hydrogens (tertiary/aromatic N) is 3. The molecule has 4 rings (SSSR count). The number of carbonyl (C=O) groups is 3. The zero-order valence-corrected chi connectivity index (χ0v) is 32.8. The van der Waals surface area contributed by atoms with Gasteiger partial charge < -0.3 is 39.2 Å². The highest BCUT2D eigenvalue weighted by Crippen LogP contribution is 2.39. The van der Waals surface area contributed by atoms with Crippen molar-refractivity contribution >= 4 is 17.7 Å². The summed E-state index contributed by atoms with van der Waals surface area (Å²) in [6, 6.07) is 0.465. The van der Waals surface area contributed by atoms with Crippen molar-refractivity contribution in [1.29, 1.82) is 0 Å². The Morgan fingerprint density at radius 2 is 1.68 bits per heavy atom. The molecule has 0 aromatic rings. The van der Waals surface area contributed by atoms with E-state index in [1.54, 1.807) is 27.9 Å². The molecule has 12 nitrogen and oxygen atoms in total. The van der Waals surface area contributed by atoms with E-state index in [1.165, 1.54) is 0 Å². The summed E-state index contributed by atoms with van der Waals surface area (Å²) in [5, 5.41) is 14.7. The van der Waals surface area contributed by atoms with E-state index in [4.69, 9.17) is 18.9 Å². The van der Waals surface area contributed by atoms with Gasteiger partial charge >= 0.3 is 5.97 Å². The summed E-state index contributed by atoms with van der Waals surface area (Å²) in [7, 11) is 9.49. The van der Waals surface area contributed by atoms with E-state index in [0.717, 1.165) is 38.5 Å². The highest BCUT2D eigenvalue weighted by atomic mass is 16.7. The van der Waals surface area contributed by atoms with Gasteiger partial charge in [0.15, 0.2) is 12.1 Å². The lowest BCUT2D eigenvalue weighted by atomic mass is 9.74. The molecule has 2 saturated carbocycles. The van der Waals surface area contributed by atoms with Gasteiger partial charge in [-0.3, -0.25) is 19.3 Å². The van der Waals surface area contributed by atoms with Crippen molar-refractivity contribution in [2.75, 3.05) is 55.0 Å². The van der Waals surface area contributed by atoms with E-state index in [0.29, 0.717) is 32.0 Å². The van der Waals surface area contributed by atoms with Crippen LogP contribution in [0.2, 0.25) is 0 Å². The second-order valence-electron chi connectivity index (χ2n) is 17.1. The minimum Gasteiger partial charge on any atom is -0.463 e. The van der Waals surface area contributed by atoms with Crippen molar-refractivity contribution in [2.24, 2.45) is 23.2 Å². The van der Waals surface area contributed by atoms with Gasteiger partial charge in [-0.1, -0.05) is 13.8 Å². The molecule has 2 aliphatic heterocycles. The average molecular weight is 709 g/mol. The van der Waals surface area contributed by atoms with Crippen molar-refractivity contribution in [2.45, 2.75) is 147 Å². The van der Waals surface area contributed by atoms with Crippen molar-refractivity contribution in [3.05, 3.63) is 0 Å². The van der Waals surface area contributed by atoms with E-state index < -0.39 is 41.4 Å². The van der Waals surface area contributed by atoms with Gasteiger partial charge in [0, 0.05) is 50.8 Å². The van der Waals surface area contributed by atoms with Crippen molar-refractivity contribution < 1.29 is 38.4 Å². The zero-order valence-electron chi connectivity index (χ0n) is 32.8. The Morgan fingerprint density at radius 3 is 2.26 bits per heavy atom. The van der Waals surface area contributed by atoms with E-state index in [2.05, 4.69) is 24.2 Å². The number of esters is 1. The number of likely N-dealkylation sites (N-methyl/N-ethyl adjacent to an activating group) is 3. The minimum atomic E-state index is -1.45. The van der Waals surface area contributed by atoms with Crippen molar-refractivity contribution in [3.8, 4) is 0 Å². The number of aliphatic hydroxyl groups is 1. The molecule has 4 aliphatic rings. The van der Waals surface area contributed by atoms with E-state index >= 15 is 0 Å². The lowest BCUT2D eigenvalue weighted by Crippen LogP contribution is -2.59. The second-order valence-corrected chi connectivity index (χ2v) is 17.1. The van der Waals surface area contributed by atoms with Gasteiger partial charge in [0.1, 0.15) is 18.1 Å². The van der Waals surface area contributed by atoms with Crippen LogP contribution >= 0.6 is 0 Å². The molecular formula is C38H68N4O8. The van der Waals surface area contributed by atoms with Crippen LogP contribution in [0.4, 0.5) is 0 Å². The number of amides is 1. The van der Waals surface area contributed by atoms with E-state index in [1.807, 2.05) is 44.8 Å². The Morgan fingerprint density at radius 1 is 1.04 bits per heavy atom. The molecular weight excluding hydrogens is 640 g/mol. The third kappa shape index (κ3) is 9.65. The molecule has 288 valence electrons. The first-order valence-corrected chi connectivity index (χ1v) is 19.0. The summed E-state index contributed by atoms with van der Waals surface area (Å²) < 4.78 is 25.1. The number of hydrogen-bond acceptors (Lipinski definition) is 11. The fraction of sp³-hybridized carbons (Fsp3) is 0.921. The number of carbonyl (C=O) groups excluding carboxylic acids is 3. The van der Waals surface area contributed by atoms with Crippen LogP contribution in [0.1, 0.15) is 92.9 Å². The molecule has 0 radical (unpaired) electrons. The molecule has 0 spiro atoms. The summed E-state index contributed by atoms with van der Waals surface area (Å²) in [5.41, 5.74) is -2.39.